The molecule has 0 radical (unpaired) electrons. The van der Waals surface area contributed by atoms with Gasteiger partial charge in [0, 0.05) is 18.7 Å². The number of nitrogens with two attached hydrogens (primary N) is 1. The Labute approximate surface area is 89.9 Å². The fourth-order valence-corrected chi connectivity index (χ4v) is 1.63. The maximum Gasteiger partial charge on any atom is 0.232 e. The van der Waals surface area contributed by atoms with Crippen LogP contribution in [0.1, 0.15) is 25.5 Å². The maximum absolute atomic E-state index is 6.03. The van der Waals surface area contributed by atoms with Crippen molar-refractivity contribution in [1.29, 1.82) is 0 Å². The molecule has 0 aliphatic heterocycles. The predicted octanol–water partition coefficient (Wildman–Crippen LogP) is 1.16. The summed E-state index contributed by atoms with van der Waals surface area (Å²) in [4.78, 5) is 8.44. The van der Waals surface area contributed by atoms with Crippen molar-refractivity contribution in [3.63, 3.8) is 0 Å². The molecule has 1 fully saturated rings. The zero-order valence-corrected chi connectivity index (χ0v) is 9.02. The Bertz CT molecular complexity index is 325. The van der Waals surface area contributed by atoms with Crippen molar-refractivity contribution in [2.24, 2.45) is 11.7 Å². The van der Waals surface area contributed by atoms with E-state index in [4.69, 9.17) is 10.5 Å². The molecule has 0 aromatic carbocycles. The third-order valence-electron chi connectivity index (χ3n) is 2.63. The number of ether oxygens (including phenoxy) is 1. The van der Waals surface area contributed by atoms with Crippen LogP contribution in [0, 0.1) is 5.92 Å². The summed E-state index contributed by atoms with van der Waals surface area (Å²) < 4.78 is 5.29. The number of nitrogens with zero attached hydrogens (tertiary/aromatic N) is 2. The molecule has 1 unspecified atom stereocenters. The van der Waals surface area contributed by atoms with Crippen molar-refractivity contribution in [2.75, 3.05) is 6.61 Å². The van der Waals surface area contributed by atoms with Gasteiger partial charge in [-0.05, 0) is 25.7 Å². The van der Waals surface area contributed by atoms with Crippen molar-refractivity contribution in [2.45, 2.75) is 32.2 Å². The Morgan fingerprint density at radius 2 is 2.33 bits per heavy atom. The third kappa shape index (κ3) is 2.89. The van der Waals surface area contributed by atoms with Crippen molar-refractivity contribution in [3.05, 3.63) is 18.1 Å². The van der Waals surface area contributed by atoms with E-state index in [2.05, 4.69) is 9.97 Å². The van der Waals surface area contributed by atoms with Crippen LogP contribution in [-0.2, 0) is 6.42 Å². The topological polar surface area (TPSA) is 61.0 Å². The molecule has 2 rings (SSSR count). The first-order valence-electron chi connectivity index (χ1n) is 5.49. The van der Waals surface area contributed by atoms with Crippen LogP contribution in [0.4, 0.5) is 0 Å². The molecule has 0 bridgehead atoms. The lowest BCUT2D eigenvalue weighted by Crippen LogP contribution is -2.25. The van der Waals surface area contributed by atoms with Gasteiger partial charge in [-0.1, -0.05) is 0 Å². The van der Waals surface area contributed by atoms with E-state index < -0.39 is 0 Å². The Morgan fingerprint density at radius 1 is 1.53 bits per heavy atom. The molecule has 4 heteroatoms. The summed E-state index contributed by atoms with van der Waals surface area (Å²) in [5.74, 6) is 1.29. The fourth-order valence-electron chi connectivity index (χ4n) is 1.63. The molecule has 82 valence electrons. The molecule has 0 amide bonds. The molecule has 1 saturated carbocycles. The maximum atomic E-state index is 6.03. The standard InChI is InChI=1S/C11H17N3O/c1-2-15-11-7-13-6-9(14-11)5-10(12)8-3-4-8/h6-8,10H,2-5,12H2,1H3. The van der Waals surface area contributed by atoms with Crippen molar-refractivity contribution < 1.29 is 4.74 Å². The molecule has 0 saturated heterocycles. The quantitative estimate of drug-likeness (QED) is 0.787. The Balaban J connectivity index is 1.97. The highest BCUT2D eigenvalue weighted by molar-refractivity contribution is 5.10. The van der Waals surface area contributed by atoms with Gasteiger partial charge in [0.1, 0.15) is 0 Å². The van der Waals surface area contributed by atoms with Gasteiger partial charge in [-0.3, -0.25) is 4.98 Å². The highest BCUT2D eigenvalue weighted by atomic mass is 16.5. The average Bonchev–Trinajstić information content (AvgIpc) is 3.01. The largest absolute Gasteiger partial charge is 0.477 e. The molecular weight excluding hydrogens is 190 g/mol. The lowest BCUT2D eigenvalue weighted by Gasteiger charge is -2.09. The summed E-state index contributed by atoms with van der Waals surface area (Å²) in [6.07, 6.45) is 6.73. The van der Waals surface area contributed by atoms with Gasteiger partial charge in [0.2, 0.25) is 5.88 Å². The molecule has 0 spiro atoms. The van der Waals surface area contributed by atoms with E-state index in [1.165, 1.54) is 12.8 Å². The fraction of sp³-hybridized carbons (Fsp3) is 0.636. The normalized spacial score (nSPS) is 17.5. The van der Waals surface area contributed by atoms with E-state index in [0.29, 0.717) is 18.4 Å². The summed E-state index contributed by atoms with van der Waals surface area (Å²) >= 11 is 0. The second-order valence-corrected chi connectivity index (χ2v) is 3.99. The molecule has 1 heterocycles. The molecule has 1 aromatic rings. The molecule has 15 heavy (non-hydrogen) atoms. The van der Waals surface area contributed by atoms with E-state index in [9.17, 15) is 0 Å². The summed E-state index contributed by atoms with van der Waals surface area (Å²) in [5.41, 5.74) is 6.96. The monoisotopic (exact) mass is 207 g/mol. The van der Waals surface area contributed by atoms with Crippen LogP contribution < -0.4 is 10.5 Å². The summed E-state index contributed by atoms with van der Waals surface area (Å²) in [7, 11) is 0. The van der Waals surface area contributed by atoms with Crippen molar-refractivity contribution in [1.82, 2.24) is 9.97 Å². The highest BCUT2D eigenvalue weighted by Crippen LogP contribution is 2.32. The van der Waals surface area contributed by atoms with E-state index in [0.717, 1.165) is 12.1 Å². The first-order chi connectivity index (χ1) is 7.29. The van der Waals surface area contributed by atoms with Crippen LogP contribution >= 0.6 is 0 Å². The van der Waals surface area contributed by atoms with Gasteiger partial charge in [-0.25, -0.2) is 4.98 Å². The van der Waals surface area contributed by atoms with Crippen molar-refractivity contribution in [3.8, 4) is 5.88 Å². The van der Waals surface area contributed by atoms with Gasteiger partial charge in [0.25, 0.3) is 0 Å². The Morgan fingerprint density at radius 3 is 3.00 bits per heavy atom. The molecule has 2 N–H and O–H groups in total. The number of hydrogen-bond donors (Lipinski definition) is 1. The smallest absolute Gasteiger partial charge is 0.232 e. The van der Waals surface area contributed by atoms with E-state index in [1.54, 1.807) is 12.4 Å². The Hall–Kier alpha value is -1.16. The van der Waals surface area contributed by atoms with E-state index in [-0.39, 0.29) is 6.04 Å². The SMILES string of the molecule is CCOc1cncc(CC(N)C2CC2)n1. The molecule has 1 aliphatic carbocycles. The van der Waals surface area contributed by atoms with Crippen LogP contribution in [0.3, 0.4) is 0 Å². The molecule has 4 nitrogen and oxygen atoms in total. The average molecular weight is 207 g/mol. The van der Waals surface area contributed by atoms with Gasteiger partial charge in [-0.2, -0.15) is 0 Å². The number of aromatic nitrogens is 2. The first kappa shape index (κ1) is 10.4. The predicted molar refractivity (Wildman–Crippen MR) is 57.6 cm³/mol. The van der Waals surface area contributed by atoms with Crippen LogP contribution in [-0.4, -0.2) is 22.6 Å². The zero-order valence-electron chi connectivity index (χ0n) is 9.02. The third-order valence-corrected chi connectivity index (χ3v) is 2.63. The molecule has 1 atom stereocenters. The van der Waals surface area contributed by atoms with Crippen molar-refractivity contribution >= 4 is 0 Å². The van der Waals surface area contributed by atoms with E-state index >= 15 is 0 Å². The second kappa shape index (κ2) is 4.57. The second-order valence-electron chi connectivity index (χ2n) is 3.99. The highest BCUT2D eigenvalue weighted by Gasteiger charge is 2.28. The number of hydrogen-bond acceptors (Lipinski definition) is 4. The molecular formula is C11H17N3O. The minimum Gasteiger partial charge on any atom is -0.477 e. The van der Waals surface area contributed by atoms with Crippen LogP contribution in [0.2, 0.25) is 0 Å². The minimum atomic E-state index is 0.233. The molecule has 1 aromatic heterocycles. The summed E-state index contributed by atoms with van der Waals surface area (Å²) in [5, 5.41) is 0. The minimum absolute atomic E-state index is 0.233. The summed E-state index contributed by atoms with van der Waals surface area (Å²) in [6.45, 7) is 2.55. The summed E-state index contributed by atoms with van der Waals surface area (Å²) in [6, 6.07) is 0.233. The van der Waals surface area contributed by atoms with Crippen LogP contribution in [0.5, 0.6) is 5.88 Å². The van der Waals surface area contributed by atoms with Gasteiger partial charge < -0.3 is 10.5 Å². The number of rotatable bonds is 5. The lowest BCUT2D eigenvalue weighted by molar-refractivity contribution is 0.323. The van der Waals surface area contributed by atoms with Gasteiger partial charge in [0.05, 0.1) is 18.5 Å². The van der Waals surface area contributed by atoms with Crippen LogP contribution in [0.25, 0.3) is 0 Å². The molecule has 1 aliphatic rings. The lowest BCUT2D eigenvalue weighted by atomic mass is 10.1. The van der Waals surface area contributed by atoms with Gasteiger partial charge in [-0.15, -0.1) is 0 Å². The van der Waals surface area contributed by atoms with Gasteiger partial charge in [0.15, 0.2) is 0 Å². The van der Waals surface area contributed by atoms with E-state index in [1.807, 2.05) is 6.92 Å². The van der Waals surface area contributed by atoms with Crippen LogP contribution in [0.15, 0.2) is 12.4 Å². The zero-order chi connectivity index (χ0) is 10.7. The van der Waals surface area contributed by atoms with Gasteiger partial charge >= 0.3 is 0 Å². The first-order valence-corrected chi connectivity index (χ1v) is 5.49. The Kier molecular flexibility index (Phi) is 3.16.